The number of amides is 1. The number of carbonyl (C=O) groups excluding carboxylic acids is 1. The summed E-state index contributed by atoms with van der Waals surface area (Å²) >= 11 is 0. The highest BCUT2D eigenvalue weighted by Crippen LogP contribution is 2.30. The van der Waals surface area contributed by atoms with Gasteiger partial charge in [0.2, 0.25) is 6.17 Å². The van der Waals surface area contributed by atoms with Crippen LogP contribution in [0.4, 0.5) is 17.6 Å². The van der Waals surface area contributed by atoms with Gasteiger partial charge >= 0.3 is 12.1 Å². The van der Waals surface area contributed by atoms with Gasteiger partial charge in [-0.15, -0.1) is 0 Å². The summed E-state index contributed by atoms with van der Waals surface area (Å²) < 4.78 is 51.1. The smallest absolute Gasteiger partial charge is 0.416 e. The summed E-state index contributed by atoms with van der Waals surface area (Å²) in [5.41, 5.74) is -2.21. The van der Waals surface area contributed by atoms with Crippen LogP contribution < -0.4 is 5.32 Å². The van der Waals surface area contributed by atoms with E-state index in [1.165, 1.54) is 13.8 Å². The number of nitrogens with one attached hydrogen (secondary N) is 1. The van der Waals surface area contributed by atoms with Gasteiger partial charge in [-0.1, -0.05) is 12.1 Å². The zero-order valence-corrected chi connectivity index (χ0v) is 12.6. The minimum absolute atomic E-state index is 0.0564. The van der Waals surface area contributed by atoms with Gasteiger partial charge in [0, 0.05) is 6.54 Å². The van der Waals surface area contributed by atoms with E-state index in [-0.39, 0.29) is 18.5 Å². The molecule has 1 amide bonds. The number of halogens is 4. The fourth-order valence-electron chi connectivity index (χ4n) is 1.69. The molecule has 128 valence electrons. The number of rotatable bonds is 6. The predicted molar refractivity (Wildman–Crippen MR) is 74.3 cm³/mol. The molecule has 2 N–H and O–H groups in total. The van der Waals surface area contributed by atoms with E-state index >= 15 is 0 Å². The standard InChI is InChI=1S/C15H17F4NO3/c1-14(2,13(22)23)7-8-20-12(21)11(16)9-3-5-10(6-4-9)15(17,18)19/h3-6,11H,7-8H2,1-2H3,(H,20,21)(H,22,23). The lowest BCUT2D eigenvalue weighted by atomic mass is 9.89. The maximum absolute atomic E-state index is 13.9. The Labute approximate surface area is 130 Å². The first-order valence-electron chi connectivity index (χ1n) is 6.77. The normalized spacial score (nSPS) is 13.5. The Morgan fingerprint density at radius 3 is 2.13 bits per heavy atom. The molecule has 1 rings (SSSR count). The van der Waals surface area contributed by atoms with Gasteiger partial charge in [-0.25, -0.2) is 4.39 Å². The van der Waals surface area contributed by atoms with E-state index in [0.29, 0.717) is 12.1 Å². The number of aliphatic carboxylic acids is 1. The number of hydrogen-bond acceptors (Lipinski definition) is 2. The van der Waals surface area contributed by atoms with Crippen LogP contribution >= 0.6 is 0 Å². The largest absolute Gasteiger partial charge is 0.481 e. The molecular weight excluding hydrogens is 318 g/mol. The molecule has 0 aliphatic rings. The van der Waals surface area contributed by atoms with Crippen LogP contribution in [0.1, 0.15) is 37.6 Å². The Balaban J connectivity index is 2.62. The molecule has 1 aromatic carbocycles. The van der Waals surface area contributed by atoms with Gasteiger partial charge in [0.15, 0.2) is 0 Å². The van der Waals surface area contributed by atoms with Crippen molar-refractivity contribution in [2.45, 2.75) is 32.6 Å². The zero-order chi connectivity index (χ0) is 17.8. The van der Waals surface area contributed by atoms with Gasteiger partial charge in [-0.3, -0.25) is 9.59 Å². The van der Waals surface area contributed by atoms with Crippen molar-refractivity contribution < 1.29 is 32.3 Å². The highest BCUT2D eigenvalue weighted by Gasteiger charge is 2.31. The maximum atomic E-state index is 13.9. The van der Waals surface area contributed by atoms with Gasteiger partial charge in [0.1, 0.15) is 0 Å². The average Bonchev–Trinajstić information content (AvgIpc) is 2.45. The third-order valence-corrected chi connectivity index (χ3v) is 3.39. The molecule has 0 saturated heterocycles. The second-order valence-electron chi connectivity index (χ2n) is 5.71. The minimum Gasteiger partial charge on any atom is -0.481 e. The first-order valence-corrected chi connectivity index (χ1v) is 6.77. The molecule has 23 heavy (non-hydrogen) atoms. The zero-order valence-electron chi connectivity index (χ0n) is 12.6. The summed E-state index contributed by atoms with van der Waals surface area (Å²) in [5.74, 6) is -2.07. The minimum atomic E-state index is -4.53. The molecule has 0 heterocycles. The number of benzene rings is 1. The van der Waals surface area contributed by atoms with Gasteiger partial charge in [0.25, 0.3) is 5.91 Å². The van der Waals surface area contributed by atoms with Crippen LogP contribution in [0.5, 0.6) is 0 Å². The van der Waals surface area contributed by atoms with Crippen molar-refractivity contribution in [2.75, 3.05) is 6.54 Å². The maximum Gasteiger partial charge on any atom is 0.416 e. The van der Waals surface area contributed by atoms with E-state index in [1.807, 2.05) is 0 Å². The predicted octanol–water partition coefficient (Wildman–Crippen LogP) is 3.33. The van der Waals surface area contributed by atoms with Crippen molar-refractivity contribution in [1.82, 2.24) is 5.32 Å². The molecule has 0 aliphatic heterocycles. The monoisotopic (exact) mass is 335 g/mol. The van der Waals surface area contributed by atoms with E-state index < -0.39 is 35.2 Å². The molecule has 0 fully saturated rings. The Morgan fingerprint density at radius 2 is 1.70 bits per heavy atom. The Hall–Kier alpha value is -2.12. The summed E-state index contributed by atoms with van der Waals surface area (Å²) in [6, 6.07) is 3.19. The highest BCUT2D eigenvalue weighted by atomic mass is 19.4. The lowest BCUT2D eigenvalue weighted by Crippen LogP contribution is -2.33. The molecule has 1 aromatic rings. The second kappa shape index (κ2) is 6.97. The van der Waals surface area contributed by atoms with E-state index in [9.17, 15) is 27.2 Å². The average molecular weight is 335 g/mol. The van der Waals surface area contributed by atoms with E-state index in [2.05, 4.69) is 5.32 Å². The molecule has 0 aromatic heterocycles. The Bertz CT molecular complexity index is 567. The SMILES string of the molecule is CC(C)(CCNC(=O)C(F)c1ccc(C(F)(F)F)cc1)C(=O)O. The van der Waals surface area contributed by atoms with Crippen molar-refractivity contribution >= 4 is 11.9 Å². The van der Waals surface area contributed by atoms with Crippen molar-refractivity contribution in [3.63, 3.8) is 0 Å². The highest BCUT2D eigenvalue weighted by molar-refractivity contribution is 5.82. The number of carboxylic acid groups (broad SMARTS) is 1. The molecule has 4 nitrogen and oxygen atoms in total. The van der Waals surface area contributed by atoms with Crippen LogP contribution in [-0.2, 0) is 15.8 Å². The third kappa shape index (κ3) is 5.22. The van der Waals surface area contributed by atoms with Gasteiger partial charge in [-0.05, 0) is 38.0 Å². The fraction of sp³-hybridized carbons (Fsp3) is 0.467. The van der Waals surface area contributed by atoms with Crippen molar-refractivity contribution in [3.8, 4) is 0 Å². The van der Waals surface area contributed by atoms with E-state index in [4.69, 9.17) is 5.11 Å². The van der Waals surface area contributed by atoms with Crippen LogP contribution in [0.15, 0.2) is 24.3 Å². The molecule has 1 unspecified atom stereocenters. The van der Waals surface area contributed by atoms with Crippen molar-refractivity contribution in [1.29, 1.82) is 0 Å². The molecule has 0 bridgehead atoms. The number of carbonyl (C=O) groups is 2. The number of hydrogen-bond donors (Lipinski definition) is 2. The molecule has 0 radical (unpaired) electrons. The quantitative estimate of drug-likeness (QED) is 0.784. The van der Waals surface area contributed by atoms with Crippen LogP contribution in [0, 0.1) is 5.41 Å². The van der Waals surface area contributed by atoms with Gasteiger partial charge in [-0.2, -0.15) is 13.2 Å². The summed E-state index contributed by atoms with van der Waals surface area (Å²) in [4.78, 5) is 22.5. The van der Waals surface area contributed by atoms with E-state index in [0.717, 1.165) is 12.1 Å². The fourth-order valence-corrected chi connectivity index (χ4v) is 1.69. The summed E-state index contributed by atoms with van der Waals surface area (Å²) in [6.45, 7) is 2.87. The van der Waals surface area contributed by atoms with Gasteiger partial charge < -0.3 is 10.4 Å². The second-order valence-corrected chi connectivity index (χ2v) is 5.71. The van der Waals surface area contributed by atoms with Crippen LogP contribution in [0.25, 0.3) is 0 Å². The molecule has 0 aliphatic carbocycles. The molecule has 0 spiro atoms. The third-order valence-electron chi connectivity index (χ3n) is 3.39. The van der Waals surface area contributed by atoms with Crippen LogP contribution in [0.3, 0.4) is 0 Å². The lowest BCUT2D eigenvalue weighted by Gasteiger charge is -2.19. The van der Waals surface area contributed by atoms with Crippen molar-refractivity contribution in [3.05, 3.63) is 35.4 Å². The van der Waals surface area contributed by atoms with Crippen LogP contribution in [0.2, 0.25) is 0 Å². The number of alkyl halides is 4. The first kappa shape index (κ1) is 18.9. The Morgan fingerprint density at radius 1 is 1.17 bits per heavy atom. The van der Waals surface area contributed by atoms with Crippen LogP contribution in [-0.4, -0.2) is 23.5 Å². The molecule has 0 saturated carbocycles. The molecule has 1 atom stereocenters. The molecular formula is C15H17F4NO3. The first-order chi connectivity index (χ1) is 10.4. The molecule has 8 heteroatoms. The Kier molecular flexibility index (Phi) is 5.74. The lowest BCUT2D eigenvalue weighted by molar-refractivity contribution is -0.147. The summed E-state index contributed by atoms with van der Waals surface area (Å²) in [7, 11) is 0. The van der Waals surface area contributed by atoms with Gasteiger partial charge in [0.05, 0.1) is 11.0 Å². The van der Waals surface area contributed by atoms with E-state index in [1.54, 1.807) is 0 Å². The summed E-state index contributed by atoms with van der Waals surface area (Å²) in [6.07, 6.45) is -6.56. The van der Waals surface area contributed by atoms with Crippen molar-refractivity contribution in [2.24, 2.45) is 5.41 Å². The summed E-state index contributed by atoms with van der Waals surface area (Å²) in [5, 5.41) is 11.1. The topological polar surface area (TPSA) is 66.4 Å². The number of carboxylic acids is 1.